The number of nitrogens with zero attached hydrogens (tertiary/aromatic N) is 1. The van der Waals surface area contributed by atoms with Crippen molar-refractivity contribution >= 4 is 27.1 Å². The Labute approximate surface area is 198 Å². The van der Waals surface area contributed by atoms with E-state index in [1.807, 2.05) is 72.8 Å². The SMILES string of the molecule is O=S(=O)(Nc1ccc(Nc2ccccc2)cc1)c1ccc(-c2ncc(-c3ccccc3)o2)cc1. The summed E-state index contributed by atoms with van der Waals surface area (Å²) < 4.78 is 34.2. The molecule has 7 heteroatoms. The number of rotatable bonds is 7. The van der Waals surface area contributed by atoms with E-state index in [4.69, 9.17) is 4.42 Å². The van der Waals surface area contributed by atoms with Crippen LogP contribution >= 0.6 is 0 Å². The summed E-state index contributed by atoms with van der Waals surface area (Å²) in [5, 5.41) is 3.27. The number of benzene rings is 4. The molecule has 1 aromatic heterocycles. The monoisotopic (exact) mass is 467 g/mol. The molecule has 0 atom stereocenters. The summed E-state index contributed by atoms with van der Waals surface area (Å²) >= 11 is 0. The molecule has 4 aromatic carbocycles. The highest BCUT2D eigenvalue weighted by Gasteiger charge is 2.15. The van der Waals surface area contributed by atoms with Gasteiger partial charge < -0.3 is 9.73 Å². The van der Waals surface area contributed by atoms with Gasteiger partial charge in [0.15, 0.2) is 5.76 Å². The molecule has 0 aliphatic carbocycles. The molecule has 0 bridgehead atoms. The lowest BCUT2D eigenvalue weighted by Crippen LogP contribution is -2.12. The lowest BCUT2D eigenvalue weighted by molar-refractivity contribution is 0.588. The summed E-state index contributed by atoms with van der Waals surface area (Å²) in [6, 6.07) is 32.9. The number of hydrogen-bond donors (Lipinski definition) is 2. The Morgan fingerprint density at radius 1 is 0.618 bits per heavy atom. The van der Waals surface area contributed by atoms with Gasteiger partial charge >= 0.3 is 0 Å². The maximum Gasteiger partial charge on any atom is 0.261 e. The molecule has 0 aliphatic rings. The normalized spacial score (nSPS) is 11.2. The lowest BCUT2D eigenvalue weighted by Gasteiger charge is -2.10. The van der Waals surface area contributed by atoms with Gasteiger partial charge in [-0.1, -0.05) is 48.5 Å². The van der Waals surface area contributed by atoms with Gasteiger partial charge in [0.2, 0.25) is 5.89 Å². The zero-order valence-electron chi connectivity index (χ0n) is 18.0. The number of anilines is 3. The van der Waals surface area contributed by atoms with E-state index in [2.05, 4.69) is 15.0 Å². The average Bonchev–Trinajstić information content (AvgIpc) is 3.37. The van der Waals surface area contributed by atoms with Crippen LogP contribution in [0.15, 0.2) is 125 Å². The smallest absolute Gasteiger partial charge is 0.261 e. The van der Waals surface area contributed by atoms with Crippen molar-refractivity contribution in [1.29, 1.82) is 0 Å². The number of oxazole rings is 1. The molecular weight excluding hydrogens is 446 g/mol. The first-order chi connectivity index (χ1) is 16.6. The Bertz CT molecular complexity index is 1480. The van der Waals surface area contributed by atoms with E-state index >= 15 is 0 Å². The first-order valence-corrected chi connectivity index (χ1v) is 12.1. The van der Waals surface area contributed by atoms with Crippen LogP contribution in [-0.2, 0) is 10.0 Å². The molecule has 5 rings (SSSR count). The van der Waals surface area contributed by atoms with E-state index in [9.17, 15) is 8.42 Å². The van der Waals surface area contributed by atoms with Crippen LogP contribution < -0.4 is 10.0 Å². The van der Waals surface area contributed by atoms with Crippen molar-refractivity contribution in [3.63, 3.8) is 0 Å². The van der Waals surface area contributed by atoms with Gasteiger partial charge in [-0.05, 0) is 60.7 Å². The van der Waals surface area contributed by atoms with Crippen molar-refractivity contribution < 1.29 is 12.8 Å². The predicted octanol–water partition coefficient (Wildman–Crippen LogP) is 6.55. The third-order valence-electron chi connectivity index (χ3n) is 5.18. The van der Waals surface area contributed by atoms with Gasteiger partial charge in [-0.2, -0.15) is 0 Å². The Hall–Kier alpha value is -4.36. The fourth-order valence-corrected chi connectivity index (χ4v) is 4.50. The molecule has 0 spiro atoms. The highest BCUT2D eigenvalue weighted by Crippen LogP contribution is 2.27. The second kappa shape index (κ2) is 9.25. The van der Waals surface area contributed by atoms with Crippen LogP contribution in [0.5, 0.6) is 0 Å². The Morgan fingerprint density at radius 2 is 1.21 bits per heavy atom. The molecular formula is C27H21N3O3S. The number of para-hydroxylation sites is 1. The number of nitrogens with one attached hydrogen (secondary N) is 2. The molecule has 0 amide bonds. The summed E-state index contributed by atoms with van der Waals surface area (Å²) in [7, 11) is -3.74. The molecule has 0 saturated carbocycles. The largest absolute Gasteiger partial charge is 0.436 e. The van der Waals surface area contributed by atoms with Gasteiger partial charge in [0.05, 0.1) is 11.1 Å². The van der Waals surface area contributed by atoms with E-state index in [1.54, 1.807) is 30.5 Å². The fourth-order valence-electron chi connectivity index (χ4n) is 3.44. The highest BCUT2D eigenvalue weighted by atomic mass is 32.2. The topological polar surface area (TPSA) is 84.2 Å². The zero-order valence-corrected chi connectivity index (χ0v) is 18.9. The van der Waals surface area contributed by atoms with Gasteiger partial charge in [0.1, 0.15) is 0 Å². The molecule has 0 aliphatic heterocycles. The molecule has 2 N–H and O–H groups in total. The van der Waals surface area contributed by atoms with Gasteiger partial charge in [0.25, 0.3) is 10.0 Å². The van der Waals surface area contributed by atoms with Crippen LogP contribution in [0.1, 0.15) is 0 Å². The average molecular weight is 468 g/mol. The predicted molar refractivity (Wildman–Crippen MR) is 134 cm³/mol. The number of sulfonamides is 1. The highest BCUT2D eigenvalue weighted by molar-refractivity contribution is 7.92. The maximum absolute atomic E-state index is 12.8. The first kappa shape index (κ1) is 21.5. The van der Waals surface area contributed by atoms with E-state index < -0.39 is 10.0 Å². The quantitative estimate of drug-likeness (QED) is 0.283. The molecule has 6 nitrogen and oxygen atoms in total. The summed E-state index contributed by atoms with van der Waals surface area (Å²) in [5.41, 5.74) is 3.91. The molecule has 0 radical (unpaired) electrons. The van der Waals surface area contributed by atoms with E-state index in [0.29, 0.717) is 22.9 Å². The molecule has 0 unspecified atom stereocenters. The molecule has 0 fully saturated rings. The summed E-state index contributed by atoms with van der Waals surface area (Å²) in [6.07, 6.45) is 1.66. The number of hydrogen-bond acceptors (Lipinski definition) is 5. The summed E-state index contributed by atoms with van der Waals surface area (Å²) in [4.78, 5) is 4.47. The second-order valence-corrected chi connectivity index (χ2v) is 9.28. The maximum atomic E-state index is 12.8. The van der Waals surface area contributed by atoms with Gasteiger partial charge in [-0.3, -0.25) is 4.72 Å². The van der Waals surface area contributed by atoms with Crippen LogP contribution in [0.4, 0.5) is 17.1 Å². The van der Waals surface area contributed by atoms with E-state index in [-0.39, 0.29) is 4.90 Å². The van der Waals surface area contributed by atoms with Crippen LogP contribution in [-0.4, -0.2) is 13.4 Å². The fraction of sp³-hybridized carbons (Fsp3) is 0. The van der Waals surface area contributed by atoms with Crippen LogP contribution in [0.25, 0.3) is 22.8 Å². The van der Waals surface area contributed by atoms with Crippen LogP contribution in [0.3, 0.4) is 0 Å². The third-order valence-corrected chi connectivity index (χ3v) is 6.57. The van der Waals surface area contributed by atoms with E-state index in [1.165, 1.54) is 12.1 Å². The van der Waals surface area contributed by atoms with Crippen molar-refractivity contribution in [1.82, 2.24) is 4.98 Å². The minimum Gasteiger partial charge on any atom is -0.436 e. The molecule has 34 heavy (non-hydrogen) atoms. The van der Waals surface area contributed by atoms with E-state index in [0.717, 1.165) is 16.9 Å². The van der Waals surface area contributed by atoms with Gasteiger partial charge in [-0.25, -0.2) is 13.4 Å². The third kappa shape index (κ3) is 4.84. The van der Waals surface area contributed by atoms with Crippen molar-refractivity contribution in [3.05, 3.63) is 115 Å². The lowest BCUT2D eigenvalue weighted by atomic mass is 10.2. The Morgan fingerprint density at radius 3 is 1.88 bits per heavy atom. The van der Waals surface area contributed by atoms with Crippen LogP contribution in [0.2, 0.25) is 0 Å². The second-order valence-electron chi connectivity index (χ2n) is 7.59. The summed E-state index contributed by atoms with van der Waals surface area (Å²) in [6.45, 7) is 0. The minimum absolute atomic E-state index is 0.151. The van der Waals surface area contributed by atoms with Crippen molar-refractivity contribution in [3.8, 4) is 22.8 Å². The molecule has 1 heterocycles. The summed E-state index contributed by atoms with van der Waals surface area (Å²) in [5.74, 6) is 1.08. The molecule has 0 saturated heterocycles. The number of aromatic nitrogens is 1. The van der Waals surface area contributed by atoms with Crippen molar-refractivity contribution in [2.75, 3.05) is 10.0 Å². The minimum atomic E-state index is -3.74. The van der Waals surface area contributed by atoms with Crippen molar-refractivity contribution in [2.24, 2.45) is 0 Å². The van der Waals surface area contributed by atoms with Gasteiger partial charge in [-0.15, -0.1) is 0 Å². The van der Waals surface area contributed by atoms with Gasteiger partial charge in [0, 0.05) is 28.2 Å². The molecule has 168 valence electrons. The van der Waals surface area contributed by atoms with Crippen molar-refractivity contribution in [2.45, 2.75) is 4.90 Å². The van der Waals surface area contributed by atoms with Crippen LogP contribution in [0, 0.1) is 0 Å². The first-order valence-electron chi connectivity index (χ1n) is 10.6. The standard InChI is InChI=1S/C27H21N3O3S/c31-34(32,30-24-15-13-23(14-16-24)29-22-9-5-2-6-10-22)25-17-11-21(12-18-25)27-28-19-26(33-27)20-7-3-1-4-8-20/h1-19,29-30H. The zero-order chi connectivity index (χ0) is 23.4. The molecule has 5 aromatic rings. The Balaban J connectivity index is 1.28. The Kier molecular flexibility index (Phi) is 5.84.